The van der Waals surface area contributed by atoms with Gasteiger partial charge in [-0.25, -0.2) is 8.42 Å². The summed E-state index contributed by atoms with van der Waals surface area (Å²) in [6.07, 6.45) is 1.41. The maximum Gasteiger partial charge on any atom is 0.246 e. The Morgan fingerprint density at radius 1 is 1.24 bits per heavy atom. The van der Waals surface area contributed by atoms with E-state index < -0.39 is 20.5 Å². The first kappa shape index (κ1) is 19.9. The molecule has 8 heteroatoms. The van der Waals surface area contributed by atoms with Crippen molar-refractivity contribution < 1.29 is 22.5 Å². The molecule has 142 valence electrons. The Labute approximate surface area is 149 Å². The van der Waals surface area contributed by atoms with Crippen molar-refractivity contribution in [3.05, 3.63) is 11.8 Å². The molecule has 0 bridgehead atoms. The van der Waals surface area contributed by atoms with E-state index in [0.717, 1.165) is 0 Å². The molecule has 1 N–H and O–H groups in total. The van der Waals surface area contributed by atoms with E-state index in [0.29, 0.717) is 31.8 Å². The molecule has 0 unspecified atom stereocenters. The van der Waals surface area contributed by atoms with Gasteiger partial charge in [0.1, 0.15) is 10.5 Å². The summed E-state index contributed by atoms with van der Waals surface area (Å²) in [5.41, 5.74) is -0.249. The highest BCUT2D eigenvalue weighted by Gasteiger charge is 2.43. The third kappa shape index (κ3) is 4.61. The second kappa shape index (κ2) is 7.07. The highest BCUT2D eigenvalue weighted by Crippen LogP contribution is 2.28. The number of hydrogen-bond acceptors (Lipinski definition) is 6. The molecule has 1 aromatic heterocycles. The lowest BCUT2D eigenvalue weighted by Gasteiger charge is -2.28. The Kier molecular flexibility index (Phi) is 5.63. The standard InChI is InChI=1S/C17H28N2O5S/c1-16(2,3)13-10-14(19-24-13)18-15(20)17(4,5)25(21,22)11-12-6-8-23-9-7-12/h10,12H,6-9,11H2,1-5H3,(H,18,19,20). The van der Waals surface area contributed by atoms with E-state index in [2.05, 4.69) is 10.5 Å². The summed E-state index contributed by atoms with van der Waals surface area (Å²) in [4.78, 5) is 12.6. The average molecular weight is 372 g/mol. The van der Waals surface area contributed by atoms with Crippen molar-refractivity contribution in [3.63, 3.8) is 0 Å². The van der Waals surface area contributed by atoms with Gasteiger partial charge < -0.3 is 14.6 Å². The summed E-state index contributed by atoms with van der Waals surface area (Å²) in [6.45, 7) is 9.89. The monoisotopic (exact) mass is 372 g/mol. The molecule has 1 saturated heterocycles. The van der Waals surface area contributed by atoms with Gasteiger partial charge in [-0.15, -0.1) is 0 Å². The molecule has 2 heterocycles. The summed E-state index contributed by atoms with van der Waals surface area (Å²) in [7, 11) is -3.63. The van der Waals surface area contributed by atoms with Crippen molar-refractivity contribution in [2.75, 3.05) is 24.3 Å². The van der Waals surface area contributed by atoms with Gasteiger partial charge in [0.25, 0.3) is 0 Å². The number of hydrogen-bond donors (Lipinski definition) is 1. The van der Waals surface area contributed by atoms with Crippen molar-refractivity contribution >= 4 is 21.6 Å². The van der Waals surface area contributed by atoms with Gasteiger partial charge >= 0.3 is 0 Å². The SMILES string of the molecule is CC(C)(C)c1cc(NC(=O)C(C)(C)S(=O)(=O)CC2CCOCC2)no1. The van der Waals surface area contributed by atoms with Crippen molar-refractivity contribution in [1.82, 2.24) is 5.16 Å². The van der Waals surface area contributed by atoms with Gasteiger partial charge in [0.2, 0.25) is 5.91 Å². The number of aromatic nitrogens is 1. The minimum Gasteiger partial charge on any atom is -0.381 e. The van der Waals surface area contributed by atoms with Gasteiger partial charge in [-0.1, -0.05) is 25.9 Å². The predicted octanol–water partition coefficient (Wildman–Crippen LogP) is 2.53. The number of nitrogens with zero attached hydrogens (tertiary/aromatic N) is 1. The lowest BCUT2D eigenvalue weighted by molar-refractivity contribution is -0.117. The van der Waals surface area contributed by atoms with Crippen LogP contribution in [0.5, 0.6) is 0 Å². The topological polar surface area (TPSA) is 98.5 Å². The normalized spacial score (nSPS) is 17.5. The Morgan fingerprint density at radius 2 is 1.84 bits per heavy atom. The van der Waals surface area contributed by atoms with Crippen molar-refractivity contribution in [2.24, 2.45) is 5.92 Å². The molecule has 2 rings (SSSR count). The molecule has 1 amide bonds. The molecule has 1 aliphatic heterocycles. The first-order chi connectivity index (χ1) is 11.4. The van der Waals surface area contributed by atoms with Crippen LogP contribution in [0.25, 0.3) is 0 Å². The number of rotatable bonds is 5. The van der Waals surface area contributed by atoms with Gasteiger partial charge in [0, 0.05) is 24.7 Å². The number of amides is 1. The minimum atomic E-state index is -3.63. The minimum absolute atomic E-state index is 0.0111. The zero-order chi connectivity index (χ0) is 18.9. The number of ether oxygens (including phenoxy) is 1. The van der Waals surface area contributed by atoms with Gasteiger partial charge in [0.05, 0.1) is 5.75 Å². The summed E-state index contributed by atoms with van der Waals surface area (Å²) in [5.74, 6) is 0.261. The summed E-state index contributed by atoms with van der Waals surface area (Å²) < 4.78 is 34.5. The Balaban J connectivity index is 2.09. The zero-order valence-electron chi connectivity index (χ0n) is 15.6. The fourth-order valence-corrected chi connectivity index (χ4v) is 4.23. The molecule has 0 atom stereocenters. The fourth-order valence-electron chi connectivity index (χ4n) is 2.53. The van der Waals surface area contributed by atoms with Crippen molar-refractivity contribution in [1.29, 1.82) is 0 Å². The van der Waals surface area contributed by atoms with E-state index in [1.165, 1.54) is 13.8 Å². The lowest BCUT2D eigenvalue weighted by atomic mass is 9.93. The average Bonchev–Trinajstić information content (AvgIpc) is 2.96. The summed E-state index contributed by atoms with van der Waals surface area (Å²) >= 11 is 0. The quantitative estimate of drug-likeness (QED) is 0.853. The van der Waals surface area contributed by atoms with Crippen LogP contribution in [-0.4, -0.2) is 43.2 Å². The smallest absolute Gasteiger partial charge is 0.246 e. The molecular weight excluding hydrogens is 344 g/mol. The number of nitrogens with one attached hydrogen (secondary N) is 1. The molecule has 0 radical (unpaired) electrons. The molecule has 1 aliphatic rings. The molecular formula is C17H28N2O5S. The molecule has 1 aromatic rings. The second-order valence-electron chi connectivity index (χ2n) is 8.13. The van der Waals surface area contributed by atoms with Crippen LogP contribution >= 0.6 is 0 Å². The molecule has 0 aliphatic carbocycles. The maximum absolute atomic E-state index is 12.8. The summed E-state index contributed by atoms with van der Waals surface area (Å²) in [5, 5.41) is 6.39. The van der Waals surface area contributed by atoms with Crippen molar-refractivity contribution in [2.45, 2.75) is 57.6 Å². The van der Waals surface area contributed by atoms with Crippen LogP contribution in [0.3, 0.4) is 0 Å². The third-order valence-electron chi connectivity index (χ3n) is 4.61. The largest absolute Gasteiger partial charge is 0.381 e. The molecule has 0 aromatic carbocycles. The van der Waals surface area contributed by atoms with Gasteiger partial charge in [0.15, 0.2) is 15.7 Å². The van der Waals surface area contributed by atoms with E-state index in [1.54, 1.807) is 6.07 Å². The van der Waals surface area contributed by atoms with Gasteiger partial charge in [-0.3, -0.25) is 4.79 Å². The zero-order valence-corrected chi connectivity index (χ0v) is 16.4. The molecule has 25 heavy (non-hydrogen) atoms. The predicted molar refractivity (Wildman–Crippen MR) is 95.2 cm³/mol. The third-order valence-corrected chi connectivity index (χ3v) is 7.26. The van der Waals surface area contributed by atoms with Crippen molar-refractivity contribution in [3.8, 4) is 0 Å². The van der Waals surface area contributed by atoms with Gasteiger partial charge in [-0.05, 0) is 32.6 Å². The number of carbonyl (C=O) groups is 1. The lowest BCUT2D eigenvalue weighted by Crippen LogP contribution is -2.47. The van der Waals surface area contributed by atoms with Crippen LogP contribution < -0.4 is 5.32 Å². The highest BCUT2D eigenvalue weighted by molar-refractivity contribution is 7.93. The highest BCUT2D eigenvalue weighted by atomic mass is 32.2. The van der Waals surface area contributed by atoms with Crippen LogP contribution in [0, 0.1) is 5.92 Å². The first-order valence-corrected chi connectivity index (χ1v) is 10.2. The molecule has 1 fully saturated rings. The van der Waals surface area contributed by atoms with Crippen LogP contribution in [0.15, 0.2) is 10.6 Å². The number of sulfone groups is 1. The Morgan fingerprint density at radius 3 is 2.36 bits per heavy atom. The maximum atomic E-state index is 12.8. The van der Waals surface area contributed by atoms with Crippen LogP contribution in [0.4, 0.5) is 5.82 Å². The van der Waals surface area contributed by atoms with Gasteiger partial charge in [-0.2, -0.15) is 0 Å². The van der Waals surface area contributed by atoms with Crippen LogP contribution in [0.1, 0.15) is 53.2 Å². The van der Waals surface area contributed by atoms with E-state index in [9.17, 15) is 13.2 Å². The van der Waals surface area contributed by atoms with E-state index in [4.69, 9.17) is 9.26 Å². The summed E-state index contributed by atoms with van der Waals surface area (Å²) in [6, 6.07) is 1.62. The van der Waals surface area contributed by atoms with E-state index >= 15 is 0 Å². The number of anilines is 1. The van der Waals surface area contributed by atoms with E-state index in [1.807, 2.05) is 20.8 Å². The molecule has 0 saturated carbocycles. The Hall–Kier alpha value is -1.41. The van der Waals surface area contributed by atoms with E-state index in [-0.39, 0.29) is 22.9 Å². The molecule has 0 spiro atoms. The Bertz CT molecular complexity index is 710. The second-order valence-corrected chi connectivity index (χ2v) is 10.7. The van der Waals surface area contributed by atoms with Crippen LogP contribution in [-0.2, 0) is 24.8 Å². The number of carbonyl (C=O) groups excluding carboxylic acids is 1. The first-order valence-electron chi connectivity index (χ1n) is 8.52. The van der Waals surface area contributed by atoms with Crippen LogP contribution in [0.2, 0.25) is 0 Å². The fraction of sp³-hybridized carbons (Fsp3) is 0.765. The molecule has 7 nitrogen and oxygen atoms in total.